The molecule has 0 bridgehead atoms. The number of hydrogen-bond donors (Lipinski definition) is 1. The van der Waals surface area contributed by atoms with E-state index in [-0.39, 0.29) is 5.56 Å². The van der Waals surface area contributed by atoms with E-state index in [2.05, 4.69) is 11.1 Å². The smallest absolute Gasteiger partial charge is 0.264 e. The second-order valence-corrected chi connectivity index (χ2v) is 7.53. The summed E-state index contributed by atoms with van der Waals surface area (Å²) in [6.45, 7) is 0. The number of benzene rings is 3. The number of nitriles is 1. The number of hydrogen-bond acceptors (Lipinski definition) is 2. The molecule has 0 saturated carbocycles. The zero-order valence-electron chi connectivity index (χ0n) is 16.3. The van der Waals surface area contributed by atoms with Crippen LogP contribution in [-0.2, 0) is 0 Å². The average Bonchev–Trinajstić information content (AvgIpc) is 3.19. The highest BCUT2D eigenvalue weighted by Crippen LogP contribution is 2.31. The van der Waals surface area contributed by atoms with Crippen LogP contribution in [0.4, 0.5) is 0 Å². The minimum atomic E-state index is -0.200. The monoisotopic (exact) mass is 421 g/mol. The van der Waals surface area contributed by atoms with Crippen LogP contribution in [0.15, 0.2) is 83.7 Å². The SMILES string of the molecule is N#Cc1c(-c2ccccc2)c(C=Cc2ccccc2Cl)c(=O)n2c1[nH]c1ccccc12. The first-order chi connectivity index (χ1) is 15.2. The van der Waals surface area contributed by atoms with E-state index in [9.17, 15) is 10.1 Å². The van der Waals surface area contributed by atoms with Gasteiger partial charge in [0.15, 0.2) is 0 Å². The number of rotatable bonds is 3. The van der Waals surface area contributed by atoms with Gasteiger partial charge in [-0.25, -0.2) is 0 Å². The molecule has 1 N–H and O–H groups in total. The van der Waals surface area contributed by atoms with Gasteiger partial charge in [-0.2, -0.15) is 5.26 Å². The van der Waals surface area contributed by atoms with Gasteiger partial charge in [0.25, 0.3) is 5.56 Å². The number of nitrogens with zero attached hydrogens (tertiary/aromatic N) is 2. The zero-order chi connectivity index (χ0) is 21.4. The third kappa shape index (κ3) is 3.13. The van der Waals surface area contributed by atoms with Crippen molar-refractivity contribution >= 4 is 40.4 Å². The van der Waals surface area contributed by atoms with Gasteiger partial charge in [0, 0.05) is 16.1 Å². The van der Waals surface area contributed by atoms with Crippen molar-refractivity contribution in [3.8, 4) is 17.2 Å². The summed E-state index contributed by atoms with van der Waals surface area (Å²) in [6, 6.07) is 26.8. The number of H-pyrrole nitrogens is 1. The minimum absolute atomic E-state index is 0.200. The fourth-order valence-electron chi connectivity index (χ4n) is 3.90. The lowest BCUT2D eigenvalue weighted by Gasteiger charge is -2.11. The molecule has 31 heavy (non-hydrogen) atoms. The number of imidazole rings is 1. The van der Waals surface area contributed by atoms with E-state index < -0.39 is 0 Å². The molecule has 3 aromatic carbocycles. The molecule has 0 fully saturated rings. The van der Waals surface area contributed by atoms with Gasteiger partial charge in [-0.15, -0.1) is 0 Å². The molecule has 148 valence electrons. The summed E-state index contributed by atoms with van der Waals surface area (Å²) in [5, 5.41) is 10.7. The molecule has 0 atom stereocenters. The Morgan fingerprint density at radius 2 is 1.61 bits per heavy atom. The fraction of sp³-hybridized carbons (Fsp3) is 0. The molecular weight excluding hydrogens is 406 g/mol. The number of nitrogens with one attached hydrogen (secondary N) is 1. The zero-order valence-corrected chi connectivity index (χ0v) is 17.1. The van der Waals surface area contributed by atoms with Gasteiger partial charge in [0.2, 0.25) is 0 Å². The van der Waals surface area contributed by atoms with Gasteiger partial charge in [-0.3, -0.25) is 9.20 Å². The summed E-state index contributed by atoms with van der Waals surface area (Å²) in [7, 11) is 0. The first kappa shape index (κ1) is 18.9. The summed E-state index contributed by atoms with van der Waals surface area (Å²) < 4.78 is 1.58. The van der Waals surface area contributed by atoms with Crippen LogP contribution in [0.5, 0.6) is 0 Å². The number of fused-ring (bicyclic) bond motifs is 3. The maximum Gasteiger partial charge on any atom is 0.264 e. The third-order valence-corrected chi connectivity index (χ3v) is 5.66. The number of para-hydroxylation sites is 2. The summed E-state index contributed by atoms with van der Waals surface area (Å²) >= 11 is 6.31. The van der Waals surface area contributed by atoms with Crippen LogP contribution in [0, 0.1) is 11.3 Å². The first-order valence-corrected chi connectivity index (χ1v) is 10.1. The van der Waals surface area contributed by atoms with Gasteiger partial charge in [-0.1, -0.05) is 78.3 Å². The molecule has 0 spiro atoms. The number of halogens is 1. The van der Waals surface area contributed by atoms with E-state index in [1.807, 2.05) is 78.9 Å². The topological polar surface area (TPSA) is 61.1 Å². The predicted molar refractivity (Wildman–Crippen MR) is 126 cm³/mol. The lowest BCUT2D eigenvalue weighted by Crippen LogP contribution is -2.18. The van der Waals surface area contributed by atoms with Crippen LogP contribution in [0.1, 0.15) is 16.7 Å². The van der Waals surface area contributed by atoms with E-state index >= 15 is 0 Å². The molecule has 4 nitrogen and oxygen atoms in total. The van der Waals surface area contributed by atoms with Crippen molar-refractivity contribution in [3.05, 3.63) is 111 Å². The molecule has 2 heterocycles. The summed E-state index contributed by atoms with van der Waals surface area (Å²) in [6.07, 6.45) is 3.56. The summed E-state index contributed by atoms with van der Waals surface area (Å²) in [5.74, 6) is 0. The van der Waals surface area contributed by atoms with Crippen molar-refractivity contribution < 1.29 is 0 Å². The third-order valence-electron chi connectivity index (χ3n) is 5.32. The molecule has 0 aliphatic heterocycles. The van der Waals surface area contributed by atoms with Gasteiger partial charge in [0.05, 0.1) is 11.0 Å². The largest absolute Gasteiger partial charge is 0.338 e. The Morgan fingerprint density at radius 1 is 0.903 bits per heavy atom. The molecular formula is C26H16ClN3O. The quantitative estimate of drug-likeness (QED) is 0.380. The average molecular weight is 422 g/mol. The van der Waals surface area contributed by atoms with Crippen molar-refractivity contribution in [2.75, 3.05) is 0 Å². The standard InChI is InChI=1S/C26H16ClN3O/c27-21-11-5-4-8-17(21)14-15-19-24(18-9-2-1-3-10-18)20(16-28)25-29-22-12-6-7-13-23(22)30(25)26(19)31/h1-15,29H. The van der Waals surface area contributed by atoms with Crippen molar-refractivity contribution in [2.24, 2.45) is 0 Å². The molecule has 0 aliphatic carbocycles. The van der Waals surface area contributed by atoms with Crippen molar-refractivity contribution in [2.45, 2.75) is 0 Å². The van der Waals surface area contributed by atoms with E-state index in [4.69, 9.17) is 11.6 Å². The van der Waals surface area contributed by atoms with E-state index in [1.165, 1.54) is 0 Å². The van der Waals surface area contributed by atoms with Gasteiger partial charge in [-0.05, 0) is 35.4 Å². The van der Waals surface area contributed by atoms with Crippen LogP contribution in [-0.4, -0.2) is 9.38 Å². The van der Waals surface area contributed by atoms with Crippen molar-refractivity contribution in [3.63, 3.8) is 0 Å². The Labute approximate surface area is 183 Å². The maximum atomic E-state index is 13.7. The highest BCUT2D eigenvalue weighted by Gasteiger charge is 2.20. The predicted octanol–water partition coefficient (Wildman–Crippen LogP) is 6.14. The Balaban J connectivity index is 1.91. The Kier molecular flexibility index (Phi) is 4.66. The summed E-state index contributed by atoms with van der Waals surface area (Å²) in [4.78, 5) is 17.0. The highest BCUT2D eigenvalue weighted by atomic mass is 35.5. The molecule has 5 aromatic rings. The second kappa shape index (κ2) is 7.64. The molecule has 0 amide bonds. The van der Waals surface area contributed by atoms with Gasteiger partial charge >= 0.3 is 0 Å². The van der Waals surface area contributed by atoms with Crippen molar-refractivity contribution in [1.29, 1.82) is 5.26 Å². The number of aromatic nitrogens is 2. The normalized spacial score (nSPS) is 11.4. The second-order valence-electron chi connectivity index (χ2n) is 7.13. The van der Waals surface area contributed by atoms with E-state index in [0.717, 1.165) is 22.2 Å². The van der Waals surface area contributed by atoms with Gasteiger partial charge in [0.1, 0.15) is 17.3 Å². The minimum Gasteiger partial charge on any atom is -0.338 e. The maximum absolute atomic E-state index is 13.7. The Morgan fingerprint density at radius 3 is 2.39 bits per heavy atom. The molecule has 0 aliphatic rings. The molecule has 0 radical (unpaired) electrons. The fourth-order valence-corrected chi connectivity index (χ4v) is 4.09. The van der Waals surface area contributed by atoms with Gasteiger partial charge < -0.3 is 4.98 Å². The molecule has 0 unspecified atom stereocenters. The van der Waals surface area contributed by atoms with Crippen LogP contribution in [0.25, 0.3) is 40.0 Å². The lowest BCUT2D eigenvalue weighted by molar-refractivity contribution is 1.14. The number of aromatic amines is 1. The van der Waals surface area contributed by atoms with Crippen molar-refractivity contribution in [1.82, 2.24) is 9.38 Å². The highest BCUT2D eigenvalue weighted by molar-refractivity contribution is 6.32. The number of pyridine rings is 1. The Hall–Kier alpha value is -4.07. The molecule has 5 rings (SSSR count). The molecule has 5 heteroatoms. The van der Waals surface area contributed by atoms with Crippen LogP contribution in [0.2, 0.25) is 5.02 Å². The van der Waals surface area contributed by atoms with E-state index in [1.54, 1.807) is 16.5 Å². The van der Waals surface area contributed by atoms with E-state index in [0.29, 0.717) is 27.4 Å². The summed E-state index contributed by atoms with van der Waals surface area (Å²) in [5.41, 5.74) is 4.86. The molecule has 0 saturated heterocycles. The molecule has 2 aromatic heterocycles. The van der Waals surface area contributed by atoms with Crippen LogP contribution >= 0.6 is 11.6 Å². The van der Waals surface area contributed by atoms with Crippen LogP contribution < -0.4 is 5.56 Å². The van der Waals surface area contributed by atoms with Crippen LogP contribution in [0.3, 0.4) is 0 Å². The first-order valence-electron chi connectivity index (χ1n) is 9.76. The Bertz CT molecular complexity index is 1570. The lowest BCUT2D eigenvalue weighted by atomic mass is 9.95.